The highest BCUT2D eigenvalue weighted by Gasteiger charge is 2.12. The lowest BCUT2D eigenvalue weighted by Crippen LogP contribution is -2.14. The van der Waals surface area contributed by atoms with Gasteiger partial charge in [-0.2, -0.15) is 0 Å². The minimum Gasteiger partial charge on any atom is -0.397 e. The Morgan fingerprint density at radius 1 is 1.35 bits per heavy atom. The number of hydrogen-bond donors (Lipinski definition) is 3. The van der Waals surface area contributed by atoms with Crippen LogP contribution < -0.4 is 11.1 Å². The topological polar surface area (TPSA) is 96.7 Å². The number of H-pyrrole nitrogens is 1. The Labute approximate surface area is 119 Å². The summed E-state index contributed by atoms with van der Waals surface area (Å²) in [5.41, 5.74) is 7.52. The third kappa shape index (κ3) is 2.28. The molecule has 2 aromatic heterocycles. The summed E-state index contributed by atoms with van der Waals surface area (Å²) in [5.74, 6) is -0.211. The number of aromatic nitrogens is 3. The van der Waals surface area contributed by atoms with Crippen molar-refractivity contribution in [3.05, 3.63) is 47.4 Å². The van der Waals surface area contributed by atoms with E-state index in [1.165, 1.54) is 12.3 Å². The number of nitrogens with two attached hydrogens (primary N) is 1. The summed E-state index contributed by atoms with van der Waals surface area (Å²) in [5, 5.41) is 3.69. The molecule has 0 atom stereocenters. The van der Waals surface area contributed by atoms with Gasteiger partial charge in [-0.05, 0) is 18.2 Å². The first-order valence-corrected chi connectivity index (χ1v) is 6.18. The maximum absolute atomic E-state index is 12.1. The fraction of sp³-hybridized carbons (Fsp3) is 0. The van der Waals surface area contributed by atoms with Gasteiger partial charge in [0.25, 0.3) is 5.91 Å². The monoisotopic (exact) mass is 287 g/mol. The Morgan fingerprint density at radius 2 is 2.20 bits per heavy atom. The van der Waals surface area contributed by atoms with E-state index >= 15 is 0 Å². The summed E-state index contributed by atoms with van der Waals surface area (Å²) in [6, 6.07) is 8.70. The molecule has 1 aromatic carbocycles. The number of para-hydroxylation sites is 1. The van der Waals surface area contributed by atoms with Crippen LogP contribution in [-0.4, -0.2) is 20.9 Å². The first-order chi connectivity index (χ1) is 9.63. The lowest BCUT2D eigenvalue weighted by Gasteiger charge is -2.01. The third-order valence-corrected chi connectivity index (χ3v) is 2.99. The molecule has 3 aromatic rings. The van der Waals surface area contributed by atoms with Crippen LogP contribution in [-0.2, 0) is 0 Å². The number of hydrogen-bond acceptors (Lipinski definition) is 4. The zero-order valence-electron chi connectivity index (χ0n) is 10.2. The molecule has 6 nitrogen and oxygen atoms in total. The second-order valence-electron chi connectivity index (χ2n) is 4.15. The number of fused-ring (bicyclic) bond motifs is 1. The molecule has 0 aliphatic heterocycles. The van der Waals surface area contributed by atoms with Gasteiger partial charge in [0.05, 0.1) is 11.2 Å². The molecule has 100 valence electrons. The number of rotatable bonds is 2. The summed E-state index contributed by atoms with van der Waals surface area (Å²) >= 11 is 5.73. The molecular formula is C13H10ClN5O. The van der Waals surface area contributed by atoms with Crippen molar-refractivity contribution in [3.63, 3.8) is 0 Å². The number of nitrogens with zero attached hydrogens (tertiary/aromatic N) is 2. The summed E-state index contributed by atoms with van der Waals surface area (Å²) in [6.45, 7) is 0. The molecule has 0 bridgehead atoms. The van der Waals surface area contributed by atoms with E-state index in [0.29, 0.717) is 11.4 Å². The van der Waals surface area contributed by atoms with Crippen molar-refractivity contribution in [3.8, 4) is 0 Å². The molecule has 1 amide bonds. The van der Waals surface area contributed by atoms with Gasteiger partial charge in [-0.15, -0.1) is 0 Å². The van der Waals surface area contributed by atoms with Crippen molar-refractivity contribution in [2.45, 2.75) is 0 Å². The van der Waals surface area contributed by atoms with Gasteiger partial charge in [-0.3, -0.25) is 10.1 Å². The minimum atomic E-state index is -0.358. The highest BCUT2D eigenvalue weighted by molar-refractivity contribution is 6.29. The summed E-state index contributed by atoms with van der Waals surface area (Å²) in [7, 11) is 0. The Bertz CT molecular complexity index is 798. The van der Waals surface area contributed by atoms with Crippen LogP contribution in [0, 0.1) is 0 Å². The molecule has 0 unspecified atom stereocenters. The first-order valence-electron chi connectivity index (χ1n) is 5.80. The Kier molecular flexibility index (Phi) is 3.00. The van der Waals surface area contributed by atoms with Gasteiger partial charge >= 0.3 is 0 Å². The second kappa shape index (κ2) is 4.82. The van der Waals surface area contributed by atoms with Crippen molar-refractivity contribution in [2.24, 2.45) is 0 Å². The lowest BCUT2D eigenvalue weighted by atomic mass is 10.2. The largest absolute Gasteiger partial charge is 0.397 e. The Morgan fingerprint density at radius 3 is 2.95 bits per heavy atom. The van der Waals surface area contributed by atoms with E-state index < -0.39 is 0 Å². The molecule has 0 spiro atoms. The molecule has 7 heteroatoms. The van der Waals surface area contributed by atoms with E-state index in [9.17, 15) is 4.79 Å². The molecule has 0 radical (unpaired) electrons. The molecule has 3 rings (SSSR count). The molecule has 0 aliphatic rings. The number of aromatic amines is 1. The van der Waals surface area contributed by atoms with E-state index in [4.69, 9.17) is 17.3 Å². The smallest absolute Gasteiger partial charge is 0.274 e. The fourth-order valence-corrected chi connectivity index (χ4v) is 2.00. The van der Waals surface area contributed by atoms with Crippen molar-refractivity contribution in [1.29, 1.82) is 0 Å². The molecule has 0 fully saturated rings. The summed E-state index contributed by atoms with van der Waals surface area (Å²) in [4.78, 5) is 22.9. The minimum absolute atomic E-state index is 0.147. The van der Waals surface area contributed by atoms with Crippen molar-refractivity contribution in [2.75, 3.05) is 11.1 Å². The number of halogens is 1. The lowest BCUT2D eigenvalue weighted by molar-refractivity contribution is 0.102. The molecule has 2 heterocycles. The van der Waals surface area contributed by atoms with Crippen LogP contribution in [0.1, 0.15) is 10.5 Å². The van der Waals surface area contributed by atoms with Crippen molar-refractivity contribution in [1.82, 2.24) is 15.0 Å². The number of anilines is 2. The summed E-state index contributed by atoms with van der Waals surface area (Å²) < 4.78 is 0. The predicted octanol–water partition coefficient (Wildman–Crippen LogP) is 2.45. The highest BCUT2D eigenvalue weighted by Crippen LogP contribution is 2.21. The zero-order valence-corrected chi connectivity index (χ0v) is 11.0. The molecule has 4 N–H and O–H groups in total. The predicted molar refractivity (Wildman–Crippen MR) is 77.7 cm³/mol. The first kappa shape index (κ1) is 12.4. The average molecular weight is 288 g/mol. The van der Waals surface area contributed by atoms with E-state index in [0.717, 1.165) is 10.9 Å². The maximum atomic E-state index is 12.1. The standard InChI is InChI=1S/C13H10ClN5O/c14-10-4-5-16-13(18-10)19-12(20)9-6-7-2-1-3-8(15)11(7)17-9/h1-6,17H,15H2,(H,16,18,19,20). The number of nitrogen functional groups attached to an aromatic ring is 1. The van der Waals surface area contributed by atoms with E-state index in [1.807, 2.05) is 12.1 Å². The van der Waals surface area contributed by atoms with Gasteiger partial charge in [0.1, 0.15) is 10.8 Å². The zero-order chi connectivity index (χ0) is 14.1. The fourth-order valence-electron chi connectivity index (χ4n) is 1.87. The van der Waals surface area contributed by atoms with Crippen molar-refractivity contribution < 1.29 is 4.79 Å². The Hall–Kier alpha value is -2.60. The van der Waals surface area contributed by atoms with Gasteiger partial charge in [0.2, 0.25) is 5.95 Å². The number of nitrogens with one attached hydrogen (secondary N) is 2. The van der Waals surface area contributed by atoms with Crippen LogP contribution in [0.5, 0.6) is 0 Å². The SMILES string of the molecule is Nc1cccc2cc(C(=O)Nc3nccc(Cl)n3)[nH]c12. The van der Waals surface area contributed by atoms with Crippen LogP contribution in [0.15, 0.2) is 36.5 Å². The van der Waals surface area contributed by atoms with E-state index in [2.05, 4.69) is 20.3 Å². The number of benzene rings is 1. The molecular weight excluding hydrogens is 278 g/mol. The van der Waals surface area contributed by atoms with Crippen LogP contribution in [0.4, 0.5) is 11.6 Å². The van der Waals surface area contributed by atoms with Crippen LogP contribution >= 0.6 is 11.6 Å². The second-order valence-corrected chi connectivity index (χ2v) is 4.54. The number of carbonyl (C=O) groups is 1. The number of carbonyl (C=O) groups excluding carboxylic acids is 1. The van der Waals surface area contributed by atoms with Crippen LogP contribution in [0.2, 0.25) is 5.15 Å². The van der Waals surface area contributed by atoms with Gasteiger partial charge in [0, 0.05) is 11.6 Å². The van der Waals surface area contributed by atoms with Gasteiger partial charge in [-0.1, -0.05) is 23.7 Å². The summed E-state index contributed by atoms with van der Waals surface area (Å²) in [6.07, 6.45) is 1.47. The van der Waals surface area contributed by atoms with Crippen LogP contribution in [0.25, 0.3) is 10.9 Å². The van der Waals surface area contributed by atoms with E-state index in [1.54, 1.807) is 12.1 Å². The molecule has 0 saturated carbocycles. The highest BCUT2D eigenvalue weighted by atomic mass is 35.5. The molecule has 0 saturated heterocycles. The Balaban J connectivity index is 1.91. The third-order valence-electron chi connectivity index (χ3n) is 2.78. The van der Waals surface area contributed by atoms with Crippen LogP contribution in [0.3, 0.4) is 0 Å². The van der Waals surface area contributed by atoms with Gasteiger partial charge in [0.15, 0.2) is 0 Å². The quantitative estimate of drug-likeness (QED) is 0.498. The average Bonchev–Trinajstić information content (AvgIpc) is 2.84. The van der Waals surface area contributed by atoms with E-state index in [-0.39, 0.29) is 17.0 Å². The molecule has 0 aliphatic carbocycles. The van der Waals surface area contributed by atoms with Crippen molar-refractivity contribution >= 4 is 40.0 Å². The maximum Gasteiger partial charge on any atom is 0.274 e. The van der Waals surface area contributed by atoms with Gasteiger partial charge in [-0.25, -0.2) is 9.97 Å². The normalized spacial score (nSPS) is 10.7. The molecule has 20 heavy (non-hydrogen) atoms. The number of amides is 1. The van der Waals surface area contributed by atoms with Gasteiger partial charge < -0.3 is 10.7 Å².